The molecule has 0 aliphatic carbocycles. The molecule has 2 aromatic carbocycles. The van der Waals surface area contributed by atoms with Crippen LogP contribution in [0.3, 0.4) is 0 Å². The Bertz CT molecular complexity index is 1000. The van der Waals surface area contributed by atoms with Crippen LogP contribution in [0.5, 0.6) is 5.75 Å². The van der Waals surface area contributed by atoms with Crippen LogP contribution in [0.1, 0.15) is 22.8 Å². The third-order valence-electron chi connectivity index (χ3n) is 3.73. The first-order valence-electron chi connectivity index (χ1n) is 8.24. The average Bonchev–Trinajstić information content (AvgIpc) is 3.04. The number of carboxylic acid groups (broad SMARTS) is 1. The maximum atomic E-state index is 12.2. The number of hydrogen-bond donors (Lipinski definition) is 1. The van der Waals surface area contributed by atoms with Gasteiger partial charge in [-0.3, -0.25) is 4.79 Å². The van der Waals surface area contributed by atoms with E-state index >= 15 is 0 Å². The highest BCUT2D eigenvalue weighted by atomic mass is 32.2. The number of thioether (sulfide) groups is 1. The molecule has 1 amide bonds. The Kier molecular flexibility index (Phi) is 5.98. The molecule has 8 heteroatoms. The fraction of sp³-hybridized carbons (Fsp3) is 0.211. The molecule has 1 aromatic heterocycles. The number of nitrogens with zero attached hydrogens (tertiary/aromatic N) is 1. The Morgan fingerprint density at radius 1 is 1.26 bits per heavy atom. The van der Waals surface area contributed by atoms with Crippen molar-refractivity contribution >= 4 is 50.9 Å². The zero-order chi connectivity index (χ0) is 19.4. The molecule has 6 nitrogen and oxygen atoms in total. The summed E-state index contributed by atoms with van der Waals surface area (Å²) in [6, 6.07) is 10.2. The molecule has 0 radical (unpaired) electrons. The predicted octanol–water partition coefficient (Wildman–Crippen LogP) is 3.10. The van der Waals surface area contributed by atoms with Crippen molar-refractivity contribution in [1.29, 1.82) is 0 Å². The van der Waals surface area contributed by atoms with Crippen molar-refractivity contribution in [2.24, 2.45) is 0 Å². The summed E-state index contributed by atoms with van der Waals surface area (Å²) in [5.74, 6) is -0.535. The maximum Gasteiger partial charge on any atom is 0.234 e. The van der Waals surface area contributed by atoms with E-state index in [0.717, 1.165) is 25.9 Å². The smallest absolute Gasteiger partial charge is 0.234 e. The molecule has 0 fully saturated rings. The Morgan fingerprint density at radius 2 is 2.07 bits per heavy atom. The van der Waals surface area contributed by atoms with Crippen LogP contribution in [0, 0.1) is 6.92 Å². The molecule has 1 heterocycles. The van der Waals surface area contributed by atoms with Gasteiger partial charge in [-0.05, 0) is 49.2 Å². The zero-order valence-electron chi connectivity index (χ0n) is 14.8. The normalized spacial score (nSPS) is 10.7. The fourth-order valence-electron chi connectivity index (χ4n) is 2.40. The van der Waals surface area contributed by atoms with E-state index in [0.29, 0.717) is 12.3 Å². The van der Waals surface area contributed by atoms with Gasteiger partial charge in [0.25, 0.3) is 0 Å². The van der Waals surface area contributed by atoms with E-state index in [4.69, 9.17) is 4.74 Å². The summed E-state index contributed by atoms with van der Waals surface area (Å²) in [6.07, 6.45) is 0. The van der Waals surface area contributed by atoms with Crippen LogP contribution < -0.4 is 15.2 Å². The number of aromatic carboxylic acids is 1. The number of carboxylic acids is 1. The van der Waals surface area contributed by atoms with Gasteiger partial charge in [0.05, 0.1) is 28.5 Å². The van der Waals surface area contributed by atoms with Crippen LogP contribution >= 0.6 is 23.1 Å². The van der Waals surface area contributed by atoms with Crippen LogP contribution in [0.2, 0.25) is 0 Å². The molecule has 3 rings (SSSR count). The number of carbonyl (C=O) groups is 2. The predicted molar refractivity (Wildman–Crippen MR) is 106 cm³/mol. The van der Waals surface area contributed by atoms with Crippen molar-refractivity contribution in [1.82, 2.24) is 4.98 Å². The Balaban J connectivity index is 1.64. The number of thiazole rings is 1. The number of amides is 1. The number of ether oxygens (including phenoxy) is 1. The van der Waals surface area contributed by atoms with Gasteiger partial charge in [-0.2, -0.15) is 0 Å². The van der Waals surface area contributed by atoms with Gasteiger partial charge in [0.15, 0.2) is 4.34 Å². The molecule has 0 saturated heterocycles. The molecular weight excluding hydrogens is 384 g/mol. The van der Waals surface area contributed by atoms with Crippen LogP contribution in [0.4, 0.5) is 5.69 Å². The second-order valence-electron chi connectivity index (χ2n) is 5.70. The summed E-state index contributed by atoms with van der Waals surface area (Å²) in [6.45, 7) is 4.33. The Labute approximate surface area is 164 Å². The molecular formula is C19H17N2O4S2-. The first kappa shape index (κ1) is 19.2. The lowest BCUT2D eigenvalue weighted by atomic mass is 10.1. The van der Waals surface area contributed by atoms with Crippen molar-refractivity contribution < 1.29 is 19.4 Å². The van der Waals surface area contributed by atoms with E-state index in [-0.39, 0.29) is 17.2 Å². The maximum absolute atomic E-state index is 12.2. The van der Waals surface area contributed by atoms with Gasteiger partial charge in [0, 0.05) is 5.69 Å². The van der Waals surface area contributed by atoms with Crippen molar-refractivity contribution in [2.75, 3.05) is 17.7 Å². The fourth-order valence-corrected chi connectivity index (χ4v) is 4.30. The molecule has 0 aliphatic rings. The van der Waals surface area contributed by atoms with Gasteiger partial charge in [-0.15, -0.1) is 11.3 Å². The standard InChI is InChI=1S/C19H18N2O4S2/c1-3-25-13-6-7-14-16(9-13)27-19(21-14)26-10-17(22)20-15-8-12(18(23)24)5-4-11(15)2/h4-9H,3,10H2,1-2H3,(H,20,22)(H,23,24)/p-1. The molecule has 0 atom stereocenters. The SMILES string of the molecule is CCOc1ccc2nc(SCC(=O)Nc3cc(C(=O)[O-])ccc3C)sc2c1. The minimum atomic E-state index is -1.28. The Morgan fingerprint density at radius 3 is 2.81 bits per heavy atom. The summed E-state index contributed by atoms with van der Waals surface area (Å²) < 4.78 is 7.27. The number of anilines is 1. The largest absolute Gasteiger partial charge is 0.545 e. The first-order valence-corrected chi connectivity index (χ1v) is 10.0. The van der Waals surface area contributed by atoms with Crippen molar-refractivity contribution in [3.63, 3.8) is 0 Å². The minimum absolute atomic E-state index is 0.0276. The van der Waals surface area contributed by atoms with Gasteiger partial charge < -0.3 is 20.0 Å². The van der Waals surface area contributed by atoms with Crippen LogP contribution in [0.15, 0.2) is 40.7 Å². The van der Waals surface area contributed by atoms with Crippen molar-refractivity contribution in [2.45, 2.75) is 18.2 Å². The number of rotatable bonds is 7. The number of benzene rings is 2. The van der Waals surface area contributed by atoms with Crippen LogP contribution in [0.25, 0.3) is 10.2 Å². The molecule has 1 N–H and O–H groups in total. The topological polar surface area (TPSA) is 91.3 Å². The summed E-state index contributed by atoms with van der Waals surface area (Å²) in [7, 11) is 0. The quantitative estimate of drug-likeness (QED) is 0.612. The molecule has 0 aliphatic heterocycles. The van der Waals surface area contributed by atoms with Crippen molar-refractivity contribution in [3.8, 4) is 5.75 Å². The third kappa shape index (κ3) is 4.78. The van der Waals surface area contributed by atoms with Crippen LogP contribution in [-0.2, 0) is 4.79 Å². The average molecular weight is 401 g/mol. The number of nitrogens with one attached hydrogen (secondary N) is 1. The molecule has 0 spiro atoms. The van der Waals surface area contributed by atoms with Crippen molar-refractivity contribution in [3.05, 3.63) is 47.5 Å². The molecule has 140 valence electrons. The highest BCUT2D eigenvalue weighted by Crippen LogP contribution is 2.32. The van der Waals surface area contributed by atoms with Gasteiger partial charge in [0.1, 0.15) is 5.75 Å². The lowest BCUT2D eigenvalue weighted by molar-refractivity contribution is -0.255. The number of hydrogen-bond acceptors (Lipinski definition) is 7. The summed E-state index contributed by atoms with van der Waals surface area (Å²) in [5.41, 5.74) is 2.14. The number of aryl methyl sites for hydroxylation is 1. The lowest BCUT2D eigenvalue weighted by Crippen LogP contribution is -2.23. The molecule has 0 unspecified atom stereocenters. The van der Waals surface area contributed by atoms with E-state index in [9.17, 15) is 14.7 Å². The highest BCUT2D eigenvalue weighted by Gasteiger charge is 2.10. The van der Waals surface area contributed by atoms with E-state index < -0.39 is 5.97 Å². The van der Waals surface area contributed by atoms with Crippen LogP contribution in [-0.4, -0.2) is 29.2 Å². The van der Waals surface area contributed by atoms with Gasteiger partial charge in [-0.1, -0.05) is 23.9 Å². The highest BCUT2D eigenvalue weighted by molar-refractivity contribution is 8.01. The summed E-state index contributed by atoms with van der Waals surface area (Å²) in [4.78, 5) is 27.7. The second kappa shape index (κ2) is 8.41. The van der Waals surface area contributed by atoms with Gasteiger partial charge in [-0.25, -0.2) is 4.98 Å². The minimum Gasteiger partial charge on any atom is -0.545 e. The number of carbonyl (C=O) groups excluding carboxylic acids is 2. The monoisotopic (exact) mass is 401 g/mol. The molecule has 27 heavy (non-hydrogen) atoms. The number of fused-ring (bicyclic) bond motifs is 1. The molecule has 0 saturated carbocycles. The van der Waals surface area contributed by atoms with E-state index in [1.165, 1.54) is 35.2 Å². The summed E-state index contributed by atoms with van der Waals surface area (Å²) in [5, 5.41) is 13.7. The third-order valence-corrected chi connectivity index (χ3v) is 5.89. The zero-order valence-corrected chi connectivity index (χ0v) is 16.4. The Hall–Kier alpha value is -2.58. The first-order chi connectivity index (χ1) is 13.0. The molecule has 3 aromatic rings. The lowest BCUT2D eigenvalue weighted by Gasteiger charge is -2.10. The van der Waals surface area contributed by atoms with E-state index in [1.54, 1.807) is 13.0 Å². The van der Waals surface area contributed by atoms with Gasteiger partial charge >= 0.3 is 0 Å². The van der Waals surface area contributed by atoms with E-state index in [1.807, 2.05) is 25.1 Å². The molecule has 0 bridgehead atoms. The second-order valence-corrected chi connectivity index (χ2v) is 7.95. The summed E-state index contributed by atoms with van der Waals surface area (Å²) >= 11 is 2.84. The van der Waals surface area contributed by atoms with E-state index in [2.05, 4.69) is 10.3 Å². The number of aromatic nitrogens is 1. The van der Waals surface area contributed by atoms with Gasteiger partial charge in [0.2, 0.25) is 5.91 Å².